The van der Waals surface area contributed by atoms with Gasteiger partial charge >= 0.3 is 0 Å². The molecule has 176 valence electrons. The maximum Gasteiger partial charge on any atom is 0.219 e. The van der Waals surface area contributed by atoms with E-state index >= 15 is 0 Å². The molecule has 1 saturated heterocycles. The summed E-state index contributed by atoms with van der Waals surface area (Å²) in [4.78, 5) is 31.7. The summed E-state index contributed by atoms with van der Waals surface area (Å²) in [6, 6.07) is 15.2. The highest BCUT2D eigenvalue weighted by Crippen LogP contribution is 2.42. The summed E-state index contributed by atoms with van der Waals surface area (Å²) in [7, 11) is 0. The Morgan fingerprint density at radius 3 is 2.65 bits per heavy atom. The van der Waals surface area contributed by atoms with Crippen LogP contribution in [0, 0.1) is 5.82 Å². The largest absolute Gasteiger partial charge is 0.343 e. The molecule has 1 saturated carbocycles. The van der Waals surface area contributed by atoms with Gasteiger partial charge in [0, 0.05) is 66.6 Å². The van der Waals surface area contributed by atoms with E-state index in [0.717, 1.165) is 53.4 Å². The molecule has 2 aromatic carbocycles. The molecule has 2 fully saturated rings. The van der Waals surface area contributed by atoms with Gasteiger partial charge in [0.15, 0.2) is 5.78 Å². The van der Waals surface area contributed by atoms with Gasteiger partial charge in [0.2, 0.25) is 5.91 Å². The summed E-state index contributed by atoms with van der Waals surface area (Å²) in [5.74, 6) is 0.404. The molecule has 1 N–H and O–H groups in total. The number of nitrogens with zero attached hydrogens (tertiary/aromatic N) is 2. The van der Waals surface area contributed by atoms with Crippen molar-refractivity contribution in [1.82, 2.24) is 15.2 Å². The fraction of sp³-hybridized carbons (Fsp3) is 0.370. The van der Waals surface area contributed by atoms with E-state index in [1.165, 1.54) is 29.0 Å². The minimum atomic E-state index is -0.276. The molecular weight excluding hydrogens is 449 g/mol. The standard InChI is InChI=1S/C27H28FN3O2S/c1-17(32)31-11-9-22(10-12-31)30-25-15-24(25)19-3-2-4-20(13-19)26(33)14-23-16-29-27(34-23)18-5-7-21(28)8-6-18/h2-8,13,16,22,24-25,30H,9-12,14-15H2,1H3. The number of aromatic nitrogens is 1. The highest BCUT2D eigenvalue weighted by molar-refractivity contribution is 7.15. The van der Waals surface area contributed by atoms with Gasteiger partial charge in [-0.3, -0.25) is 9.59 Å². The van der Waals surface area contributed by atoms with Gasteiger partial charge in [0.25, 0.3) is 0 Å². The number of nitrogens with one attached hydrogen (secondary N) is 1. The number of hydrogen-bond donors (Lipinski definition) is 1. The van der Waals surface area contributed by atoms with E-state index in [-0.39, 0.29) is 17.5 Å². The number of ketones is 1. The third-order valence-corrected chi connectivity index (χ3v) is 7.84. The van der Waals surface area contributed by atoms with Crippen molar-refractivity contribution >= 4 is 23.0 Å². The van der Waals surface area contributed by atoms with Crippen LogP contribution in [-0.2, 0) is 11.2 Å². The molecule has 5 nitrogen and oxygen atoms in total. The zero-order chi connectivity index (χ0) is 23.7. The number of benzene rings is 2. The van der Waals surface area contributed by atoms with Crippen molar-refractivity contribution in [3.05, 3.63) is 76.5 Å². The first-order chi connectivity index (χ1) is 16.5. The van der Waals surface area contributed by atoms with Gasteiger partial charge in [-0.15, -0.1) is 11.3 Å². The van der Waals surface area contributed by atoms with Gasteiger partial charge in [0.1, 0.15) is 10.8 Å². The molecule has 5 rings (SSSR count). The summed E-state index contributed by atoms with van der Waals surface area (Å²) in [5, 5.41) is 4.55. The monoisotopic (exact) mass is 477 g/mol. The summed E-state index contributed by atoms with van der Waals surface area (Å²) < 4.78 is 13.2. The van der Waals surface area contributed by atoms with Crippen LogP contribution >= 0.6 is 11.3 Å². The van der Waals surface area contributed by atoms with Crippen molar-refractivity contribution in [2.24, 2.45) is 0 Å². The molecule has 1 aliphatic heterocycles. The number of rotatable bonds is 7. The molecular formula is C27H28FN3O2S. The smallest absolute Gasteiger partial charge is 0.219 e. The van der Waals surface area contributed by atoms with Crippen molar-refractivity contribution in [3.63, 3.8) is 0 Å². The van der Waals surface area contributed by atoms with Crippen LogP contribution in [0.3, 0.4) is 0 Å². The molecule has 34 heavy (non-hydrogen) atoms. The minimum absolute atomic E-state index is 0.0814. The van der Waals surface area contributed by atoms with Crippen molar-refractivity contribution in [1.29, 1.82) is 0 Å². The number of thiazole rings is 1. The van der Waals surface area contributed by atoms with Crippen LogP contribution < -0.4 is 5.32 Å². The fourth-order valence-corrected chi connectivity index (χ4v) is 5.65. The average molecular weight is 478 g/mol. The van der Waals surface area contributed by atoms with Gasteiger partial charge in [-0.1, -0.05) is 18.2 Å². The Kier molecular flexibility index (Phi) is 6.57. The molecule has 2 atom stereocenters. The van der Waals surface area contributed by atoms with Crippen LogP contribution in [0.15, 0.2) is 54.7 Å². The number of likely N-dealkylation sites (tertiary alicyclic amines) is 1. The predicted octanol–water partition coefficient (Wildman–Crippen LogP) is 4.83. The lowest BCUT2D eigenvalue weighted by molar-refractivity contribution is -0.129. The predicted molar refractivity (Wildman–Crippen MR) is 132 cm³/mol. The molecule has 0 bridgehead atoms. The molecule has 1 aromatic heterocycles. The molecule has 0 radical (unpaired) electrons. The molecule has 3 aromatic rings. The maximum absolute atomic E-state index is 13.2. The molecule has 0 spiro atoms. The lowest BCUT2D eigenvalue weighted by Gasteiger charge is -2.32. The van der Waals surface area contributed by atoms with Crippen LogP contribution in [0.4, 0.5) is 4.39 Å². The van der Waals surface area contributed by atoms with E-state index in [4.69, 9.17) is 0 Å². The van der Waals surface area contributed by atoms with Gasteiger partial charge in [-0.25, -0.2) is 9.37 Å². The number of carbonyl (C=O) groups is 2. The summed E-state index contributed by atoms with van der Waals surface area (Å²) in [5.41, 5.74) is 2.79. The first-order valence-corrected chi connectivity index (χ1v) is 12.6. The summed E-state index contributed by atoms with van der Waals surface area (Å²) >= 11 is 1.47. The van der Waals surface area contributed by atoms with E-state index in [9.17, 15) is 14.0 Å². The van der Waals surface area contributed by atoms with E-state index in [2.05, 4.69) is 16.4 Å². The Morgan fingerprint density at radius 1 is 1.15 bits per heavy atom. The maximum atomic E-state index is 13.2. The number of Topliss-reactive ketones (excluding diaryl/α,β-unsaturated/α-hetero) is 1. The highest BCUT2D eigenvalue weighted by Gasteiger charge is 2.40. The average Bonchev–Trinajstić information content (AvgIpc) is 3.46. The summed E-state index contributed by atoms with van der Waals surface area (Å²) in [6.45, 7) is 3.29. The Bertz CT molecular complexity index is 1180. The van der Waals surface area contributed by atoms with E-state index in [1.54, 1.807) is 25.3 Å². The summed E-state index contributed by atoms with van der Waals surface area (Å²) in [6.07, 6.45) is 5.12. The second kappa shape index (κ2) is 9.76. The molecule has 2 unspecified atom stereocenters. The van der Waals surface area contributed by atoms with Gasteiger partial charge in [-0.2, -0.15) is 0 Å². The number of halogens is 1. The highest BCUT2D eigenvalue weighted by atomic mass is 32.1. The number of amides is 1. The van der Waals surface area contributed by atoms with E-state index in [1.807, 2.05) is 23.1 Å². The van der Waals surface area contributed by atoms with E-state index in [0.29, 0.717) is 24.4 Å². The zero-order valence-electron chi connectivity index (χ0n) is 19.2. The first-order valence-electron chi connectivity index (χ1n) is 11.8. The lowest BCUT2D eigenvalue weighted by atomic mass is 10.0. The van der Waals surface area contributed by atoms with Crippen LogP contribution in [0.1, 0.15) is 52.9 Å². The Morgan fingerprint density at radius 2 is 1.91 bits per heavy atom. The minimum Gasteiger partial charge on any atom is -0.343 e. The number of carbonyl (C=O) groups excluding carboxylic acids is 2. The lowest BCUT2D eigenvalue weighted by Crippen LogP contribution is -2.45. The van der Waals surface area contributed by atoms with Crippen LogP contribution in [0.25, 0.3) is 10.6 Å². The molecule has 1 amide bonds. The SMILES string of the molecule is CC(=O)N1CCC(NC2CC2c2cccc(C(=O)Cc3cnc(-c4ccc(F)cc4)s3)c2)CC1. The topological polar surface area (TPSA) is 62.3 Å². The normalized spacial score (nSPS) is 20.4. The quantitative estimate of drug-likeness (QED) is 0.495. The Labute approximate surface area is 203 Å². The van der Waals surface area contributed by atoms with Crippen molar-refractivity contribution in [3.8, 4) is 10.6 Å². The van der Waals surface area contributed by atoms with E-state index < -0.39 is 0 Å². The van der Waals surface area contributed by atoms with Crippen molar-refractivity contribution in [2.75, 3.05) is 13.1 Å². The third kappa shape index (κ3) is 5.26. The Balaban J connectivity index is 1.17. The van der Waals surface area contributed by atoms with Crippen LogP contribution in [-0.4, -0.2) is 46.7 Å². The molecule has 1 aliphatic carbocycles. The second-order valence-electron chi connectivity index (χ2n) is 9.26. The van der Waals surface area contributed by atoms with Crippen LogP contribution in [0.5, 0.6) is 0 Å². The second-order valence-corrected chi connectivity index (χ2v) is 10.4. The molecule has 7 heteroatoms. The van der Waals surface area contributed by atoms with Gasteiger partial charge in [-0.05, 0) is 55.2 Å². The zero-order valence-corrected chi connectivity index (χ0v) is 20.0. The van der Waals surface area contributed by atoms with Crippen LogP contribution in [0.2, 0.25) is 0 Å². The van der Waals surface area contributed by atoms with Crippen molar-refractivity contribution in [2.45, 2.75) is 50.6 Å². The van der Waals surface area contributed by atoms with Crippen molar-refractivity contribution < 1.29 is 14.0 Å². The number of hydrogen-bond acceptors (Lipinski definition) is 5. The first kappa shape index (κ1) is 22.9. The Hall–Kier alpha value is -2.90. The fourth-order valence-electron chi connectivity index (χ4n) is 4.73. The number of piperidine rings is 1. The van der Waals surface area contributed by atoms with Gasteiger partial charge < -0.3 is 10.2 Å². The molecule has 2 aliphatic rings. The van der Waals surface area contributed by atoms with Gasteiger partial charge in [0.05, 0.1) is 0 Å². The molecule has 2 heterocycles. The third-order valence-electron chi connectivity index (χ3n) is 6.80.